The standard InChI is InChI=1S/C64H106O6/c1-4-7-10-13-15-17-19-21-23-24-25-26-27-28-29-30-31-32-33-34-35-36-37-38-39-40-41-43-44-46-48-51-54-57-63(66)69-60-61(59-68-62(65)56-53-50-12-9-6-3)70-64(67)58-55-52-49-47-45-42-22-20-18-16-14-11-8-5-2/h7,10,15,17,20-23,25-26,28-29,31-32,34-35,37-38,61H,4-6,8-9,11-14,16,18-19,24,27,30,33,36,39-60H2,1-3H3/b10-7-,17-15-,22-20-,23-21-,26-25-,29-28-,32-31-,35-34-,38-37-. The summed E-state index contributed by atoms with van der Waals surface area (Å²) in [6, 6.07) is 0. The largest absolute Gasteiger partial charge is 0.462 e. The van der Waals surface area contributed by atoms with Gasteiger partial charge in [-0.05, 0) is 109 Å². The highest BCUT2D eigenvalue weighted by Crippen LogP contribution is 2.14. The Morgan fingerprint density at radius 1 is 0.300 bits per heavy atom. The van der Waals surface area contributed by atoms with Gasteiger partial charge in [-0.25, -0.2) is 0 Å². The molecule has 70 heavy (non-hydrogen) atoms. The predicted molar refractivity (Wildman–Crippen MR) is 302 cm³/mol. The van der Waals surface area contributed by atoms with E-state index >= 15 is 0 Å². The van der Waals surface area contributed by atoms with Gasteiger partial charge in [0.1, 0.15) is 13.2 Å². The van der Waals surface area contributed by atoms with Crippen LogP contribution < -0.4 is 0 Å². The van der Waals surface area contributed by atoms with Crippen LogP contribution in [0.4, 0.5) is 0 Å². The maximum atomic E-state index is 12.7. The van der Waals surface area contributed by atoms with Gasteiger partial charge in [0.2, 0.25) is 0 Å². The number of ether oxygens (including phenoxy) is 3. The summed E-state index contributed by atoms with van der Waals surface area (Å²) >= 11 is 0. The van der Waals surface area contributed by atoms with Crippen molar-refractivity contribution >= 4 is 17.9 Å². The van der Waals surface area contributed by atoms with Crippen molar-refractivity contribution < 1.29 is 28.6 Å². The van der Waals surface area contributed by atoms with E-state index in [1.54, 1.807) is 0 Å². The molecule has 1 unspecified atom stereocenters. The summed E-state index contributed by atoms with van der Waals surface area (Å²) < 4.78 is 16.7. The first kappa shape index (κ1) is 66.1. The zero-order valence-corrected chi connectivity index (χ0v) is 45.5. The van der Waals surface area contributed by atoms with Crippen LogP contribution in [0, 0.1) is 0 Å². The fourth-order valence-corrected chi connectivity index (χ4v) is 7.69. The van der Waals surface area contributed by atoms with E-state index in [4.69, 9.17) is 14.2 Å². The number of carbonyl (C=O) groups is 3. The van der Waals surface area contributed by atoms with Crippen molar-refractivity contribution in [1.29, 1.82) is 0 Å². The van der Waals surface area contributed by atoms with E-state index in [1.807, 2.05) is 0 Å². The number of hydrogen-bond donors (Lipinski definition) is 0. The predicted octanol–water partition coefficient (Wildman–Crippen LogP) is 19.5. The third-order valence-electron chi connectivity index (χ3n) is 12.0. The molecule has 0 spiro atoms. The summed E-state index contributed by atoms with van der Waals surface area (Å²) in [6.45, 7) is 6.41. The molecule has 0 aliphatic rings. The van der Waals surface area contributed by atoms with Crippen LogP contribution >= 0.6 is 0 Å². The van der Waals surface area contributed by atoms with E-state index in [0.29, 0.717) is 19.3 Å². The van der Waals surface area contributed by atoms with Crippen molar-refractivity contribution in [3.05, 3.63) is 109 Å². The molecule has 0 saturated heterocycles. The minimum Gasteiger partial charge on any atom is -0.462 e. The smallest absolute Gasteiger partial charge is 0.306 e. The molecule has 6 nitrogen and oxygen atoms in total. The van der Waals surface area contributed by atoms with Gasteiger partial charge in [0.25, 0.3) is 0 Å². The van der Waals surface area contributed by atoms with Gasteiger partial charge in [0.05, 0.1) is 0 Å². The molecule has 0 fully saturated rings. The molecule has 0 aromatic heterocycles. The number of unbranched alkanes of at least 4 members (excludes halogenated alkanes) is 22. The van der Waals surface area contributed by atoms with Gasteiger partial charge in [0, 0.05) is 19.3 Å². The first-order chi connectivity index (χ1) is 34.5. The highest BCUT2D eigenvalue weighted by Gasteiger charge is 2.19. The molecule has 0 amide bonds. The molecule has 0 aromatic rings. The summed E-state index contributed by atoms with van der Waals surface area (Å²) in [5, 5.41) is 0. The van der Waals surface area contributed by atoms with Gasteiger partial charge in [0.15, 0.2) is 6.10 Å². The molecule has 6 heteroatoms. The molecule has 0 rings (SSSR count). The Hall–Kier alpha value is -3.93. The lowest BCUT2D eigenvalue weighted by Crippen LogP contribution is -2.30. The van der Waals surface area contributed by atoms with E-state index in [-0.39, 0.29) is 31.1 Å². The van der Waals surface area contributed by atoms with Crippen LogP contribution in [0.1, 0.15) is 258 Å². The van der Waals surface area contributed by atoms with Crippen molar-refractivity contribution in [1.82, 2.24) is 0 Å². The summed E-state index contributed by atoms with van der Waals surface area (Å²) in [5.41, 5.74) is 0. The van der Waals surface area contributed by atoms with E-state index in [9.17, 15) is 14.4 Å². The Morgan fingerprint density at radius 2 is 0.557 bits per heavy atom. The first-order valence-corrected chi connectivity index (χ1v) is 28.9. The Balaban J connectivity index is 4.07. The Kier molecular flexibility index (Phi) is 54.4. The number of allylic oxidation sites excluding steroid dienone is 18. The van der Waals surface area contributed by atoms with Gasteiger partial charge < -0.3 is 14.2 Å². The second-order valence-electron chi connectivity index (χ2n) is 18.8. The maximum absolute atomic E-state index is 12.7. The molecule has 0 heterocycles. The topological polar surface area (TPSA) is 78.9 Å². The van der Waals surface area contributed by atoms with Gasteiger partial charge in [-0.2, -0.15) is 0 Å². The van der Waals surface area contributed by atoms with Crippen LogP contribution in [-0.4, -0.2) is 37.2 Å². The van der Waals surface area contributed by atoms with Crippen molar-refractivity contribution in [3.63, 3.8) is 0 Å². The van der Waals surface area contributed by atoms with Gasteiger partial charge in [-0.3, -0.25) is 14.4 Å². The SMILES string of the molecule is CC/C=C\C/C=C\C/C=C\C/C=C\C/C=C\C/C=C\C/C=C\C/C=C\CCCCCCCCCCC(=O)OCC(COC(=O)CCCCCCC)OC(=O)CCCCCCC/C=C\CCCCCCC. The Bertz CT molecular complexity index is 1440. The van der Waals surface area contributed by atoms with E-state index < -0.39 is 6.10 Å². The van der Waals surface area contributed by atoms with E-state index in [2.05, 4.69) is 130 Å². The average Bonchev–Trinajstić information content (AvgIpc) is 3.36. The second kappa shape index (κ2) is 57.6. The quantitative estimate of drug-likeness (QED) is 0.0262. The molecule has 0 aromatic carbocycles. The minimum atomic E-state index is -0.782. The lowest BCUT2D eigenvalue weighted by Gasteiger charge is -2.18. The van der Waals surface area contributed by atoms with Crippen LogP contribution in [0.3, 0.4) is 0 Å². The third-order valence-corrected chi connectivity index (χ3v) is 12.0. The summed E-state index contributed by atoms with van der Waals surface area (Å²) in [7, 11) is 0. The van der Waals surface area contributed by atoms with Crippen molar-refractivity contribution in [3.8, 4) is 0 Å². The Labute approximate surface area is 431 Å². The maximum Gasteiger partial charge on any atom is 0.306 e. The van der Waals surface area contributed by atoms with Crippen LogP contribution in [-0.2, 0) is 28.6 Å². The molecule has 0 bridgehead atoms. The van der Waals surface area contributed by atoms with Crippen LogP contribution in [0.15, 0.2) is 109 Å². The van der Waals surface area contributed by atoms with Crippen molar-refractivity contribution in [2.24, 2.45) is 0 Å². The van der Waals surface area contributed by atoms with Crippen LogP contribution in [0.2, 0.25) is 0 Å². The zero-order valence-electron chi connectivity index (χ0n) is 45.5. The Morgan fingerprint density at radius 3 is 0.886 bits per heavy atom. The molecule has 1 atom stereocenters. The molecule has 0 aliphatic carbocycles. The molecule has 0 radical (unpaired) electrons. The number of carbonyl (C=O) groups excluding carboxylic acids is 3. The molecule has 0 saturated carbocycles. The summed E-state index contributed by atoms with van der Waals surface area (Å²) in [5.74, 6) is -0.917. The fourth-order valence-electron chi connectivity index (χ4n) is 7.69. The highest BCUT2D eigenvalue weighted by molar-refractivity contribution is 5.71. The van der Waals surface area contributed by atoms with Gasteiger partial charge in [-0.1, -0.05) is 239 Å². The fraction of sp³-hybridized carbons (Fsp3) is 0.672. The van der Waals surface area contributed by atoms with Crippen molar-refractivity contribution in [2.75, 3.05) is 13.2 Å². The summed E-state index contributed by atoms with van der Waals surface area (Å²) in [6.07, 6.45) is 78.4. The zero-order chi connectivity index (χ0) is 50.7. The van der Waals surface area contributed by atoms with Crippen LogP contribution in [0.25, 0.3) is 0 Å². The molecular formula is C64H106O6. The molecule has 0 aliphatic heterocycles. The van der Waals surface area contributed by atoms with Crippen LogP contribution in [0.5, 0.6) is 0 Å². The van der Waals surface area contributed by atoms with E-state index in [1.165, 1.54) is 83.5 Å². The van der Waals surface area contributed by atoms with E-state index in [0.717, 1.165) is 135 Å². The first-order valence-electron chi connectivity index (χ1n) is 28.9. The number of hydrogen-bond acceptors (Lipinski definition) is 6. The minimum absolute atomic E-state index is 0.0843. The monoisotopic (exact) mass is 971 g/mol. The lowest BCUT2D eigenvalue weighted by atomic mass is 10.1. The number of rotatable bonds is 51. The number of esters is 3. The molecule has 398 valence electrons. The van der Waals surface area contributed by atoms with Gasteiger partial charge >= 0.3 is 17.9 Å². The second-order valence-corrected chi connectivity index (χ2v) is 18.8. The van der Waals surface area contributed by atoms with Crippen molar-refractivity contribution in [2.45, 2.75) is 264 Å². The lowest BCUT2D eigenvalue weighted by molar-refractivity contribution is -0.167. The highest BCUT2D eigenvalue weighted by atomic mass is 16.6. The van der Waals surface area contributed by atoms with Gasteiger partial charge in [-0.15, -0.1) is 0 Å². The average molecular weight is 972 g/mol. The summed E-state index contributed by atoms with van der Waals surface area (Å²) in [4.78, 5) is 37.7. The molecule has 0 N–H and O–H groups in total. The molecular weight excluding hydrogens is 865 g/mol. The normalized spacial score (nSPS) is 12.9. The third kappa shape index (κ3) is 55.0.